The van der Waals surface area contributed by atoms with Gasteiger partial charge in [-0.3, -0.25) is 0 Å². The van der Waals surface area contributed by atoms with Crippen LogP contribution in [0.1, 0.15) is 13.8 Å². The molecule has 1 aliphatic rings. The van der Waals surface area contributed by atoms with E-state index in [-0.39, 0.29) is 12.0 Å². The van der Waals surface area contributed by atoms with Crippen molar-refractivity contribution in [1.29, 1.82) is 0 Å². The van der Waals surface area contributed by atoms with Crippen LogP contribution in [0.4, 0.5) is 0 Å². The third kappa shape index (κ3) is 2.17. The highest BCUT2D eigenvalue weighted by Gasteiger charge is 2.21. The Balaban J connectivity index is 2.40. The minimum absolute atomic E-state index is 0.148. The van der Waals surface area contributed by atoms with Crippen LogP contribution in [0.3, 0.4) is 0 Å². The number of ether oxygens (including phenoxy) is 1. The highest BCUT2D eigenvalue weighted by Crippen LogP contribution is 2.18. The number of rotatable bonds is 3. The van der Waals surface area contributed by atoms with Gasteiger partial charge in [-0.15, -0.1) is 11.8 Å². The van der Waals surface area contributed by atoms with E-state index >= 15 is 0 Å². The molecule has 0 aromatic carbocycles. The minimum atomic E-state index is -0.156. The average molecular weight is 187 g/mol. The highest BCUT2D eigenvalue weighted by atomic mass is 32.2. The Morgan fingerprint density at radius 2 is 2.58 bits per heavy atom. The van der Waals surface area contributed by atoms with Crippen molar-refractivity contribution in [2.45, 2.75) is 19.9 Å². The third-order valence-corrected chi connectivity index (χ3v) is 2.46. The van der Waals surface area contributed by atoms with Gasteiger partial charge in [0.1, 0.15) is 6.04 Å². The van der Waals surface area contributed by atoms with Gasteiger partial charge in [0, 0.05) is 6.20 Å². The molecule has 1 atom stereocenters. The molecule has 0 saturated carbocycles. The van der Waals surface area contributed by atoms with Crippen LogP contribution in [0.2, 0.25) is 0 Å². The molecule has 0 aliphatic carbocycles. The van der Waals surface area contributed by atoms with Crippen LogP contribution in [0.25, 0.3) is 0 Å². The summed E-state index contributed by atoms with van der Waals surface area (Å²) in [5, 5.41) is 1.98. The summed E-state index contributed by atoms with van der Waals surface area (Å²) in [6.45, 7) is 4.13. The SMILES string of the molecule is CCOC(=O)C(C)N1C=CSC1. The number of nitrogens with zero attached hydrogens (tertiary/aromatic N) is 1. The maximum absolute atomic E-state index is 11.2. The molecule has 12 heavy (non-hydrogen) atoms. The Bertz CT molecular complexity index is 193. The van der Waals surface area contributed by atoms with Gasteiger partial charge in [0.25, 0.3) is 0 Å². The number of carbonyl (C=O) groups excluding carboxylic acids is 1. The fraction of sp³-hybridized carbons (Fsp3) is 0.625. The Morgan fingerprint density at radius 1 is 1.83 bits per heavy atom. The molecule has 0 radical (unpaired) electrons. The fourth-order valence-electron chi connectivity index (χ4n) is 0.932. The van der Waals surface area contributed by atoms with E-state index in [1.807, 2.05) is 30.4 Å². The molecule has 1 aliphatic heterocycles. The molecule has 68 valence electrons. The fourth-order valence-corrected chi connectivity index (χ4v) is 1.74. The van der Waals surface area contributed by atoms with Crippen molar-refractivity contribution in [3.05, 3.63) is 11.6 Å². The van der Waals surface area contributed by atoms with Crippen molar-refractivity contribution in [3.63, 3.8) is 0 Å². The summed E-state index contributed by atoms with van der Waals surface area (Å²) in [6.07, 6.45) is 1.92. The van der Waals surface area contributed by atoms with E-state index in [1.54, 1.807) is 11.8 Å². The van der Waals surface area contributed by atoms with Crippen LogP contribution < -0.4 is 0 Å². The summed E-state index contributed by atoms with van der Waals surface area (Å²) in [7, 11) is 0. The molecule has 0 amide bonds. The molecule has 0 fully saturated rings. The molecule has 1 rings (SSSR count). The van der Waals surface area contributed by atoms with E-state index in [9.17, 15) is 4.79 Å². The van der Waals surface area contributed by atoms with Crippen molar-refractivity contribution in [2.75, 3.05) is 12.5 Å². The molecule has 0 spiro atoms. The molecule has 1 unspecified atom stereocenters. The minimum Gasteiger partial charge on any atom is -0.464 e. The van der Waals surface area contributed by atoms with Crippen LogP contribution in [0.5, 0.6) is 0 Å². The van der Waals surface area contributed by atoms with Crippen LogP contribution >= 0.6 is 11.8 Å². The number of carbonyl (C=O) groups is 1. The largest absolute Gasteiger partial charge is 0.464 e. The maximum atomic E-state index is 11.2. The van der Waals surface area contributed by atoms with Crippen LogP contribution in [0, 0.1) is 0 Å². The molecule has 0 bridgehead atoms. The summed E-state index contributed by atoms with van der Waals surface area (Å²) in [5.41, 5.74) is 0. The van der Waals surface area contributed by atoms with Gasteiger partial charge in [0.05, 0.1) is 12.5 Å². The van der Waals surface area contributed by atoms with Gasteiger partial charge in [0.2, 0.25) is 0 Å². The number of hydrogen-bond acceptors (Lipinski definition) is 4. The smallest absolute Gasteiger partial charge is 0.328 e. The van der Waals surface area contributed by atoms with E-state index in [2.05, 4.69) is 0 Å². The van der Waals surface area contributed by atoms with E-state index in [0.717, 1.165) is 5.88 Å². The Labute approximate surface area is 76.8 Å². The lowest BCUT2D eigenvalue weighted by Gasteiger charge is -2.21. The van der Waals surface area contributed by atoms with Crippen LogP contribution in [0.15, 0.2) is 11.6 Å². The maximum Gasteiger partial charge on any atom is 0.328 e. The molecule has 0 N–H and O–H groups in total. The molecule has 0 aromatic rings. The van der Waals surface area contributed by atoms with Gasteiger partial charge in [-0.25, -0.2) is 4.79 Å². The zero-order chi connectivity index (χ0) is 8.97. The van der Waals surface area contributed by atoms with Crippen molar-refractivity contribution in [2.24, 2.45) is 0 Å². The number of hydrogen-bond donors (Lipinski definition) is 0. The highest BCUT2D eigenvalue weighted by molar-refractivity contribution is 8.02. The van der Waals surface area contributed by atoms with Crippen molar-refractivity contribution >= 4 is 17.7 Å². The zero-order valence-corrected chi connectivity index (χ0v) is 8.13. The molecule has 0 saturated heterocycles. The van der Waals surface area contributed by atoms with Gasteiger partial charge in [-0.1, -0.05) is 0 Å². The quantitative estimate of drug-likeness (QED) is 0.625. The van der Waals surface area contributed by atoms with Crippen molar-refractivity contribution < 1.29 is 9.53 Å². The van der Waals surface area contributed by atoms with Gasteiger partial charge >= 0.3 is 5.97 Å². The van der Waals surface area contributed by atoms with Crippen molar-refractivity contribution in [3.8, 4) is 0 Å². The zero-order valence-electron chi connectivity index (χ0n) is 7.32. The second-order valence-electron chi connectivity index (χ2n) is 2.52. The summed E-state index contributed by atoms with van der Waals surface area (Å²) in [6, 6.07) is -0.156. The second-order valence-corrected chi connectivity index (χ2v) is 3.39. The lowest BCUT2D eigenvalue weighted by Crippen LogP contribution is -2.34. The lowest BCUT2D eigenvalue weighted by atomic mass is 10.3. The number of esters is 1. The molecular formula is C8H13NO2S. The van der Waals surface area contributed by atoms with Crippen LogP contribution in [-0.2, 0) is 9.53 Å². The first kappa shape index (κ1) is 9.45. The molecular weight excluding hydrogens is 174 g/mol. The predicted octanol–water partition coefficient (Wildman–Crippen LogP) is 1.42. The average Bonchev–Trinajstić information content (AvgIpc) is 2.55. The van der Waals surface area contributed by atoms with E-state index in [1.165, 1.54) is 0 Å². The van der Waals surface area contributed by atoms with Gasteiger partial charge in [-0.05, 0) is 19.3 Å². The third-order valence-electron chi connectivity index (χ3n) is 1.70. The van der Waals surface area contributed by atoms with Gasteiger partial charge in [0.15, 0.2) is 0 Å². The first-order valence-electron chi connectivity index (χ1n) is 3.96. The van der Waals surface area contributed by atoms with Crippen molar-refractivity contribution in [1.82, 2.24) is 4.90 Å². The van der Waals surface area contributed by atoms with Gasteiger partial charge < -0.3 is 9.64 Å². The predicted molar refractivity (Wildman–Crippen MR) is 49.5 cm³/mol. The first-order chi connectivity index (χ1) is 5.75. The molecule has 0 aromatic heterocycles. The standard InChI is InChI=1S/C8H13NO2S/c1-3-11-8(10)7(2)9-4-5-12-6-9/h4-5,7H,3,6H2,1-2H3. The van der Waals surface area contributed by atoms with Gasteiger partial charge in [-0.2, -0.15) is 0 Å². The van der Waals surface area contributed by atoms with E-state index in [4.69, 9.17) is 4.74 Å². The molecule has 3 nitrogen and oxygen atoms in total. The number of thioether (sulfide) groups is 1. The van der Waals surface area contributed by atoms with Crippen LogP contribution in [-0.4, -0.2) is 29.4 Å². The van der Waals surface area contributed by atoms with E-state index < -0.39 is 0 Å². The second kappa shape index (κ2) is 4.40. The van der Waals surface area contributed by atoms with E-state index in [0.29, 0.717) is 6.61 Å². The first-order valence-corrected chi connectivity index (χ1v) is 5.01. The monoisotopic (exact) mass is 187 g/mol. The lowest BCUT2D eigenvalue weighted by molar-refractivity contribution is -0.147. The normalized spacial score (nSPS) is 18.0. The topological polar surface area (TPSA) is 29.5 Å². The Morgan fingerprint density at radius 3 is 3.08 bits per heavy atom. The summed E-state index contributed by atoms with van der Waals surface area (Å²) in [5.74, 6) is 0.699. The Kier molecular flexibility index (Phi) is 3.47. The molecule has 1 heterocycles. The summed E-state index contributed by atoms with van der Waals surface area (Å²) in [4.78, 5) is 13.2. The Hall–Kier alpha value is -0.640. The summed E-state index contributed by atoms with van der Waals surface area (Å²) < 4.78 is 4.89. The molecule has 4 heteroatoms. The summed E-state index contributed by atoms with van der Waals surface area (Å²) >= 11 is 1.68.